The molecule has 1 atom stereocenters. The minimum atomic E-state index is -0.372. The van der Waals surface area contributed by atoms with Crippen molar-refractivity contribution < 1.29 is 0 Å². The van der Waals surface area contributed by atoms with Crippen molar-refractivity contribution in [1.29, 1.82) is 5.26 Å². The summed E-state index contributed by atoms with van der Waals surface area (Å²) in [5.41, 5.74) is 0.674. The standard InChI is InChI=1S/C13H20N4/c1-11-6-9-17(16-11)8-3-7-13(2,10-14)15-12-4-5-12/h6,9,12,15H,3-5,7-8H2,1-2H3. The third-order valence-corrected chi connectivity index (χ3v) is 3.18. The lowest BCUT2D eigenvalue weighted by Gasteiger charge is -2.23. The number of nitrogens with one attached hydrogen (secondary N) is 1. The second kappa shape index (κ2) is 4.89. The molecule has 0 amide bonds. The van der Waals surface area contributed by atoms with Gasteiger partial charge in [-0.15, -0.1) is 0 Å². The van der Waals surface area contributed by atoms with E-state index in [0.717, 1.165) is 25.1 Å². The maximum absolute atomic E-state index is 9.23. The molecule has 1 aromatic heterocycles. The van der Waals surface area contributed by atoms with Crippen molar-refractivity contribution >= 4 is 0 Å². The molecule has 1 heterocycles. The highest BCUT2D eigenvalue weighted by atomic mass is 15.3. The fraction of sp³-hybridized carbons (Fsp3) is 0.692. The van der Waals surface area contributed by atoms with Gasteiger partial charge in [-0.05, 0) is 45.6 Å². The lowest BCUT2D eigenvalue weighted by atomic mass is 9.97. The van der Waals surface area contributed by atoms with E-state index in [1.54, 1.807) is 0 Å². The highest BCUT2D eigenvalue weighted by molar-refractivity contribution is 5.07. The average molecular weight is 232 g/mol. The smallest absolute Gasteiger partial charge is 0.104 e. The van der Waals surface area contributed by atoms with E-state index in [-0.39, 0.29) is 5.54 Å². The van der Waals surface area contributed by atoms with Gasteiger partial charge in [0.2, 0.25) is 0 Å². The Balaban J connectivity index is 1.77. The second-order valence-electron chi connectivity index (χ2n) is 5.19. The minimum Gasteiger partial charge on any atom is -0.297 e. The van der Waals surface area contributed by atoms with Gasteiger partial charge < -0.3 is 0 Å². The normalized spacial score (nSPS) is 18.6. The van der Waals surface area contributed by atoms with Gasteiger partial charge in [-0.25, -0.2) is 0 Å². The van der Waals surface area contributed by atoms with Crippen LogP contribution in [0.1, 0.15) is 38.3 Å². The van der Waals surface area contributed by atoms with Crippen molar-refractivity contribution in [2.75, 3.05) is 0 Å². The molecule has 0 aliphatic heterocycles. The molecule has 92 valence electrons. The minimum absolute atomic E-state index is 0.372. The van der Waals surface area contributed by atoms with Gasteiger partial charge in [0.25, 0.3) is 0 Å². The van der Waals surface area contributed by atoms with Gasteiger partial charge in [0, 0.05) is 18.8 Å². The first-order chi connectivity index (χ1) is 8.11. The highest BCUT2D eigenvalue weighted by Gasteiger charge is 2.31. The van der Waals surface area contributed by atoms with E-state index in [9.17, 15) is 5.26 Å². The Morgan fingerprint density at radius 2 is 2.41 bits per heavy atom. The summed E-state index contributed by atoms with van der Waals surface area (Å²) in [6.07, 6.45) is 6.28. The third kappa shape index (κ3) is 3.57. The summed E-state index contributed by atoms with van der Waals surface area (Å²) in [6.45, 7) is 4.88. The zero-order valence-electron chi connectivity index (χ0n) is 10.6. The van der Waals surface area contributed by atoms with Crippen LogP contribution in [0.3, 0.4) is 0 Å². The largest absolute Gasteiger partial charge is 0.297 e. The number of hydrogen-bond acceptors (Lipinski definition) is 3. The van der Waals surface area contributed by atoms with Crippen molar-refractivity contribution in [1.82, 2.24) is 15.1 Å². The van der Waals surface area contributed by atoms with E-state index in [0.29, 0.717) is 6.04 Å². The van der Waals surface area contributed by atoms with Crippen LogP contribution in [0.15, 0.2) is 12.3 Å². The zero-order chi connectivity index (χ0) is 12.3. The quantitative estimate of drug-likeness (QED) is 0.816. The summed E-state index contributed by atoms with van der Waals surface area (Å²) < 4.78 is 1.95. The SMILES string of the molecule is Cc1ccn(CCCC(C)(C#N)NC2CC2)n1. The van der Waals surface area contributed by atoms with E-state index in [1.165, 1.54) is 12.8 Å². The Hall–Kier alpha value is -1.34. The molecule has 1 fully saturated rings. The molecule has 0 aromatic carbocycles. The number of nitriles is 1. The van der Waals surface area contributed by atoms with E-state index in [4.69, 9.17) is 0 Å². The molecule has 4 nitrogen and oxygen atoms in total. The molecule has 1 N–H and O–H groups in total. The van der Waals surface area contributed by atoms with Gasteiger partial charge in [-0.2, -0.15) is 10.4 Å². The van der Waals surface area contributed by atoms with Crippen LogP contribution in [0.25, 0.3) is 0 Å². The lowest BCUT2D eigenvalue weighted by Crippen LogP contribution is -2.42. The fourth-order valence-electron chi connectivity index (χ4n) is 2.02. The van der Waals surface area contributed by atoms with Gasteiger partial charge in [-0.3, -0.25) is 10.00 Å². The predicted octanol–water partition coefficient (Wildman–Crippen LogP) is 2.01. The molecule has 0 radical (unpaired) electrons. The van der Waals surface area contributed by atoms with Crippen LogP contribution in [-0.2, 0) is 6.54 Å². The molecule has 1 aliphatic carbocycles. The molecule has 1 aromatic rings. The summed E-state index contributed by atoms with van der Waals surface area (Å²) in [4.78, 5) is 0. The second-order valence-corrected chi connectivity index (χ2v) is 5.19. The van der Waals surface area contributed by atoms with Crippen LogP contribution >= 0.6 is 0 Å². The molecule has 1 aliphatic rings. The number of hydrogen-bond donors (Lipinski definition) is 1. The van der Waals surface area contributed by atoms with Crippen molar-refractivity contribution in [2.24, 2.45) is 0 Å². The van der Waals surface area contributed by atoms with E-state index in [1.807, 2.05) is 30.8 Å². The molecule has 1 unspecified atom stereocenters. The molecule has 2 rings (SSSR count). The number of nitrogens with zero attached hydrogens (tertiary/aromatic N) is 3. The van der Waals surface area contributed by atoms with Gasteiger partial charge in [0.1, 0.15) is 5.54 Å². The Morgan fingerprint density at radius 1 is 1.65 bits per heavy atom. The van der Waals surface area contributed by atoms with Crippen molar-refractivity contribution in [3.8, 4) is 6.07 Å². The van der Waals surface area contributed by atoms with Crippen LogP contribution < -0.4 is 5.32 Å². The molecule has 0 bridgehead atoms. The van der Waals surface area contributed by atoms with E-state index in [2.05, 4.69) is 16.5 Å². The summed E-state index contributed by atoms with van der Waals surface area (Å²) >= 11 is 0. The Bertz CT molecular complexity index is 413. The third-order valence-electron chi connectivity index (χ3n) is 3.18. The summed E-state index contributed by atoms with van der Waals surface area (Å²) in [6, 6.07) is 4.98. The summed E-state index contributed by atoms with van der Waals surface area (Å²) in [5.74, 6) is 0. The van der Waals surface area contributed by atoms with Gasteiger partial charge in [0.05, 0.1) is 11.8 Å². The molecule has 4 heteroatoms. The maximum Gasteiger partial charge on any atom is 0.104 e. The van der Waals surface area contributed by atoms with Crippen LogP contribution in [0.5, 0.6) is 0 Å². The van der Waals surface area contributed by atoms with Crippen LogP contribution in [0.4, 0.5) is 0 Å². The first kappa shape index (κ1) is 12.1. The van der Waals surface area contributed by atoms with Crippen LogP contribution in [0, 0.1) is 18.3 Å². The Morgan fingerprint density at radius 3 is 2.94 bits per heavy atom. The Labute approximate surface area is 103 Å². The van der Waals surface area contributed by atoms with E-state index >= 15 is 0 Å². The van der Waals surface area contributed by atoms with Crippen LogP contribution in [0.2, 0.25) is 0 Å². The maximum atomic E-state index is 9.23. The molecular formula is C13H20N4. The topological polar surface area (TPSA) is 53.6 Å². The van der Waals surface area contributed by atoms with Gasteiger partial charge >= 0.3 is 0 Å². The first-order valence-electron chi connectivity index (χ1n) is 6.30. The molecule has 17 heavy (non-hydrogen) atoms. The number of aromatic nitrogens is 2. The molecule has 0 spiro atoms. The van der Waals surface area contributed by atoms with Gasteiger partial charge in [-0.1, -0.05) is 0 Å². The first-order valence-corrected chi connectivity index (χ1v) is 6.30. The van der Waals surface area contributed by atoms with Crippen molar-refractivity contribution in [2.45, 2.75) is 57.7 Å². The molecule has 0 saturated heterocycles. The van der Waals surface area contributed by atoms with Crippen LogP contribution in [-0.4, -0.2) is 21.4 Å². The zero-order valence-corrected chi connectivity index (χ0v) is 10.6. The molecular weight excluding hydrogens is 212 g/mol. The summed E-state index contributed by atoms with van der Waals surface area (Å²) in [7, 11) is 0. The fourth-order valence-corrected chi connectivity index (χ4v) is 2.02. The van der Waals surface area contributed by atoms with Crippen molar-refractivity contribution in [3.63, 3.8) is 0 Å². The average Bonchev–Trinajstić information content (AvgIpc) is 3.00. The molecule has 1 saturated carbocycles. The summed E-state index contributed by atoms with van der Waals surface area (Å²) in [5, 5.41) is 17.0. The van der Waals surface area contributed by atoms with Crippen molar-refractivity contribution in [3.05, 3.63) is 18.0 Å². The number of rotatable bonds is 6. The predicted molar refractivity (Wildman–Crippen MR) is 66.4 cm³/mol. The van der Waals surface area contributed by atoms with E-state index < -0.39 is 0 Å². The van der Waals surface area contributed by atoms with Gasteiger partial charge in [0.15, 0.2) is 0 Å². The Kier molecular flexibility index (Phi) is 3.49. The lowest BCUT2D eigenvalue weighted by molar-refractivity contribution is 0.386. The number of aryl methyl sites for hydroxylation is 2. The highest BCUT2D eigenvalue weighted by Crippen LogP contribution is 2.24. The monoisotopic (exact) mass is 232 g/mol.